The summed E-state index contributed by atoms with van der Waals surface area (Å²) < 4.78 is 5.61. The number of ether oxygens (including phenoxy) is 1. The molecule has 0 aromatic heterocycles. The first kappa shape index (κ1) is 23.3. The average molecular weight is 379 g/mol. The molecule has 5 nitrogen and oxygen atoms in total. The third-order valence-corrected chi connectivity index (χ3v) is 4.96. The fraction of sp³-hybridized carbons (Fsp3) is 0.727. The van der Waals surface area contributed by atoms with Gasteiger partial charge in [0.1, 0.15) is 5.75 Å². The minimum atomic E-state index is -0.432. The van der Waals surface area contributed by atoms with Crippen LogP contribution in [0.5, 0.6) is 5.75 Å². The van der Waals surface area contributed by atoms with E-state index in [9.17, 15) is 10.1 Å². The van der Waals surface area contributed by atoms with Crippen LogP contribution in [0.25, 0.3) is 0 Å². The summed E-state index contributed by atoms with van der Waals surface area (Å²) in [6, 6.07) is 4.33. The van der Waals surface area contributed by atoms with Gasteiger partial charge in [-0.25, -0.2) is 0 Å². The zero-order valence-corrected chi connectivity index (χ0v) is 17.1. The molecular weight excluding hydrogens is 340 g/mol. The van der Waals surface area contributed by atoms with Gasteiger partial charge in [-0.2, -0.15) is 0 Å². The summed E-state index contributed by atoms with van der Waals surface area (Å²) in [6.07, 6.45) is 18.4. The largest absolute Gasteiger partial charge is 0.491 e. The number of non-ortho nitro benzene ring substituents is 1. The van der Waals surface area contributed by atoms with E-state index in [1.54, 1.807) is 0 Å². The molecule has 0 aliphatic rings. The lowest BCUT2D eigenvalue weighted by molar-refractivity contribution is -0.384. The van der Waals surface area contributed by atoms with Gasteiger partial charge >= 0.3 is 0 Å². The van der Waals surface area contributed by atoms with Gasteiger partial charge in [0.15, 0.2) is 0 Å². The Morgan fingerprint density at radius 1 is 0.852 bits per heavy atom. The van der Waals surface area contributed by atoms with Crippen LogP contribution in [0.3, 0.4) is 0 Å². The second-order valence-electron chi connectivity index (χ2n) is 7.42. The molecule has 0 atom stereocenters. The van der Waals surface area contributed by atoms with E-state index < -0.39 is 4.92 Å². The number of nitrogens with zero attached hydrogens (tertiary/aromatic N) is 1. The molecule has 0 bridgehead atoms. The van der Waals surface area contributed by atoms with E-state index in [2.05, 4.69) is 6.92 Å². The molecule has 0 saturated heterocycles. The van der Waals surface area contributed by atoms with Gasteiger partial charge in [0, 0.05) is 6.07 Å². The second kappa shape index (κ2) is 15.3. The van der Waals surface area contributed by atoms with Crippen LogP contribution in [0.4, 0.5) is 11.4 Å². The molecule has 5 heteroatoms. The number of nitro groups is 1. The highest BCUT2D eigenvalue weighted by atomic mass is 16.6. The average Bonchev–Trinajstić information content (AvgIpc) is 2.66. The number of unbranched alkanes of at least 4 members (excludes halogenated alkanes) is 13. The van der Waals surface area contributed by atoms with Crippen molar-refractivity contribution >= 4 is 11.4 Å². The maximum atomic E-state index is 10.8. The number of hydrogen-bond acceptors (Lipinski definition) is 4. The number of hydrogen-bond donors (Lipinski definition) is 1. The predicted octanol–water partition coefficient (Wildman–Crippen LogP) is 7.04. The lowest BCUT2D eigenvalue weighted by atomic mass is 10.0. The Morgan fingerprint density at radius 3 is 1.81 bits per heavy atom. The van der Waals surface area contributed by atoms with Crippen molar-refractivity contribution in [2.75, 3.05) is 12.3 Å². The Hall–Kier alpha value is -1.78. The minimum absolute atomic E-state index is 0.0140. The van der Waals surface area contributed by atoms with E-state index in [1.807, 2.05) is 0 Å². The van der Waals surface area contributed by atoms with Crippen LogP contribution >= 0.6 is 0 Å². The van der Waals surface area contributed by atoms with Gasteiger partial charge in [0.2, 0.25) is 0 Å². The molecule has 2 N–H and O–H groups in total. The van der Waals surface area contributed by atoms with Crippen molar-refractivity contribution in [2.45, 2.75) is 96.8 Å². The van der Waals surface area contributed by atoms with Gasteiger partial charge in [0.25, 0.3) is 5.69 Å². The van der Waals surface area contributed by atoms with Crippen molar-refractivity contribution in [3.05, 3.63) is 28.3 Å². The molecule has 0 radical (unpaired) electrons. The molecule has 0 saturated carbocycles. The van der Waals surface area contributed by atoms with E-state index in [1.165, 1.54) is 95.2 Å². The smallest absolute Gasteiger partial charge is 0.273 e. The SMILES string of the molecule is CCCCCCCCCCCCCCCCOc1cc([N+](=O)[O-])ccc1N. The first-order valence-electron chi connectivity index (χ1n) is 10.8. The summed E-state index contributed by atoms with van der Waals surface area (Å²) in [5, 5.41) is 10.8. The summed E-state index contributed by atoms with van der Waals surface area (Å²) in [4.78, 5) is 10.4. The van der Waals surface area contributed by atoms with Gasteiger partial charge in [-0.3, -0.25) is 10.1 Å². The molecule has 154 valence electrons. The molecular formula is C22H38N2O3. The lowest BCUT2D eigenvalue weighted by Crippen LogP contribution is -2.01. The van der Waals surface area contributed by atoms with Crippen molar-refractivity contribution in [3.8, 4) is 5.75 Å². The van der Waals surface area contributed by atoms with Crippen molar-refractivity contribution < 1.29 is 9.66 Å². The van der Waals surface area contributed by atoms with Gasteiger partial charge < -0.3 is 10.5 Å². The van der Waals surface area contributed by atoms with Crippen LogP contribution in [-0.2, 0) is 0 Å². The quantitative estimate of drug-likeness (QED) is 0.136. The summed E-state index contributed by atoms with van der Waals surface area (Å²) in [7, 11) is 0. The van der Waals surface area contributed by atoms with Crippen molar-refractivity contribution in [2.24, 2.45) is 0 Å². The molecule has 1 rings (SSSR count). The monoisotopic (exact) mass is 378 g/mol. The topological polar surface area (TPSA) is 78.4 Å². The first-order chi connectivity index (χ1) is 13.1. The summed E-state index contributed by atoms with van der Waals surface area (Å²) in [5.41, 5.74) is 6.27. The number of nitrogen functional groups attached to an aromatic ring is 1. The normalized spacial score (nSPS) is 10.9. The van der Waals surface area contributed by atoms with Gasteiger partial charge in [0.05, 0.1) is 23.3 Å². The Morgan fingerprint density at radius 2 is 1.33 bits per heavy atom. The van der Waals surface area contributed by atoms with Crippen LogP contribution < -0.4 is 10.5 Å². The molecule has 0 unspecified atom stereocenters. The number of anilines is 1. The van der Waals surface area contributed by atoms with Gasteiger partial charge in [-0.05, 0) is 12.5 Å². The number of benzene rings is 1. The van der Waals surface area contributed by atoms with Crippen molar-refractivity contribution in [1.82, 2.24) is 0 Å². The highest BCUT2D eigenvalue weighted by Gasteiger charge is 2.09. The first-order valence-corrected chi connectivity index (χ1v) is 10.8. The fourth-order valence-electron chi connectivity index (χ4n) is 3.24. The van der Waals surface area contributed by atoms with Crippen molar-refractivity contribution in [3.63, 3.8) is 0 Å². The van der Waals surface area contributed by atoms with Gasteiger partial charge in [-0.1, -0.05) is 90.4 Å². The molecule has 0 aliphatic carbocycles. The van der Waals surface area contributed by atoms with Crippen LogP contribution in [0.15, 0.2) is 18.2 Å². The maximum absolute atomic E-state index is 10.8. The zero-order valence-electron chi connectivity index (χ0n) is 17.1. The molecule has 0 amide bonds. The Kier molecular flexibility index (Phi) is 13.2. The lowest BCUT2D eigenvalue weighted by Gasteiger charge is -2.08. The van der Waals surface area contributed by atoms with Crippen LogP contribution in [0.1, 0.15) is 96.8 Å². The van der Waals surface area contributed by atoms with E-state index >= 15 is 0 Å². The number of nitro benzene ring substituents is 1. The van der Waals surface area contributed by atoms with E-state index in [-0.39, 0.29) is 5.69 Å². The minimum Gasteiger partial charge on any atom is -0.491 e. The molecule has 1 aromatic carbocycles. The van der Waals surface area contributed by atoms with E-state index in [4.69, 9.17) is 10.5 Å². The van der Waals surface area contributed by atoms with E-state index in [0.29, 0.717) is 18.0 Å². The molecule has 1 aromatic rings. The van der Waals surface area contributed by atoms with Crippen LogP contribution in [-0.4, -0.2) is 11.5 Å². The predicted molar refractivity (Wildman–Crippen MR) is 113 cm³/mol. The highest BCUT2D eigenvalue weighted by molar-refractivity contribution is 5.57. The Bertz CT molecular complexity index is 520. The summed E-state index contributed by atoms with van der Waals surface area (Å²) >= 11 is 0. The summed E-state index contributed by atoms with van der Waals surface area (Å²) in [6.45, 7) is 2.82. The Labute approximate surface area is 164 Å². The fourth-order valence-corrected chi connectivity index (χ4v) is 3.24. The van der Waals surface area contributed by atoms with Crippen LogP contribution in [0, 0.1) is 10.1 Å². The molecule has 0 heterocycles. The maximum Gasteiger partial charge on any atom is 0.273 e. The highest BCUT2D eigenvalue weighted by Crippen LogP contribution is 2.27. The third-order valence-electron chi connectivity index (χ3n) is 4.96. The third kappa shape index (κ3) is 11.5. The molecule has 27 heavy (non-hydrogen) atoms. The molecule has 0 fully saturated rings. The standard InChI is InChI=1S/C22H38N2O3/c1-2-3-4-5-6-7-8-9-10-11-12-13-14-15-18-27-22-19-20(24(25)26)16-17-21(22)23/h16-17,19H,2-15,18,23H2,1H3. The number of rotatable bonds is 17. The van der Waals surface area contributed by atoms with Gasteiger partial charge in [-0.15, -0.1) is 0 Å². The Balaban J connectivity index is 1.92. The second-order valence-corrected chi connectivity index (χ2v) is 7.42. The zero-order chi connectivity index (χ0) is 19.7. The van der Waals surface area contributed by atoms with Crippen LogP contribution in [0.2, 0.25) is 0 Å². The number of nitrogens with two attached hydrogens (primary N) is 1. The van der Waals surface area contributed by atoms with Crippen molar-refractivity contribution in [1.29, 1.82) is 0 Å². The molecule has 0 spiro atoms. The van der Waals surface area contributed by atoms with E-state index in [0.717, 1.165) is 12.8 Å². The summed E-state index contributed by atoms with van der Waals surface area (Å²) in [5.74, 6) is 0.416. The molecule has 0 aliphatic heterocycles.